The number of pyridine rings is 1. The second kappa shape index (κ2) is 4.37. The van der Waals surface area contributed by atoms with Gasteiger partial charge >= 0.3 is 0 Å². The third-order valence-corrected chi connectivity index (χ3v) is 3.05. The van der Waals surface area contributed by atoms with Crippen LogP contribution < -0.4 is 11.1 Å². The highest BCUT2D eigenvalue weighted by Gasteiger charge is 2.16. The third-order valence-electron chi connectivity index (χ3n) is 2.21. The van der Waals surface area contributed by atoms with Gasteiger partial charge in [-0.1, -0.05) is 6.07 Å². The van der Waals surface area contributed by atoms with Crippen molar-refractivity contribution in [3.8, 4) is 0 Å². The van der Waals surface area contributed by atoms with Gasteiger partial charge in [-0.15, -0.1) is 11.3 Å². The predicted octanol–water partition coefficient (Wildman–Crippen LogP) is 1.43. The molecule has 0 aliphatic heterocycles. The summed E-state index contributed by atoms with van der Waals surface area (Å²) in [6.45, 7) is 0. The summed E-state index contributed by atoms with van der Waals surface area (Å²) in [7, 11) is 1.90. The lowest BCUT2D eigenvalue weighted by Gasteiger charge is -2.15. The molecule has 0 aliphatic rings. The van der Waals surface area contributed by atoms with Crippen molar-refractivity contribution in [1.29, 1.82) is 0 Å². The first-order chi connectivity index (χ1) is 7.33. The minimum absolute atomic E-state index is 0.0752. The van der Waals surface area contributed by atoms with Gasteiger partial charge in [-0.05, 0) is 13.1 Å². The lowest BCUT2D eigenvalue weighted by atomic mass is 10.1. The number of nitrogen functional groups attached to an aromatic ring is 1. The molecule has 15 heavy (non-hydrogen) atoms. The number of hydrogen-bond acceptors (Lipinski definition) is 5. The molecule has 0 spiro atoms. The van der Waals surface area contributed by atoms with E-state index in [1.807, 2.05) is 30.9 Å². The van der Waals surface area contributed by atoms with E-state index >= 15 is 0 Å². The zero-order valence-electron chi connectivity index (χ0n) is 8.34. The van der Waals surface area contributed by atoms with E-state index in [1.54, 1.807) is 17.5 Å². The van der Waals surface area contributed by atoms with E-state index in [-0.39, 0.29) is 6.04 Å². The molecule has 1 unspecified atom stereocenters. The van der Waals surface area contributed by atoms with Crippen LogP contribution in [0.2, 0.25) is 0 Å². The Morgan fingerprint density at radius 1 is 1.53 bits per heavy atom. The maximum Gasteiger partial charge on any atom is 0.128 e. The van der Waals surface area contributed by atoms with Gasteiger partial charge < -0.3 is 11.1 Å². The van der Waals surface area contributed by atoms with Crippen molar-refractivity contribution >= 4 is 17.2 Å². The van der Waals surface area contributed by atoms with Crippen LogP contribution >= 0.6 is 11.3 Å². The third kappa shape index (κ3) is 1.98. The molecule has 0 saturated carbocycles. The van der Waals surface area contributed by atoms with Crippen molar-refractivity contribution in [2.24, 2.45) is 0 Å². The largest absolute Gasteiger partial charge is 0.383 e. The van der Waals surface area contributed by atoms with Gasteiger partial charge in [0.2, 0.25) is 0 Å². The van der Waals surface area contributed by atoms with Crippen molar-refractivity contribution in [2.75, 3.05) is 12.8 Å². The number of thiazole rings is 1. The Morgan fingerprint density at radius 3 is 3.00 bits per heavy atom. The Hall–Kier alpha value is -1.46. The van der Waals surface area contributed by atoms with Gasteiger partial charge in [-0.25, -0.2) is 4.98 Å². The van der Waals surface area contributed by atoms with Crippen LogP contribution in [-0.2, 0) is 0 Å². The van der Waals surface area contributed by atoms with Crippen molar-refractivity contribution in [1.82, 2.24) is 15.3 Å². The molecule has 5 heteroatoms. The van der Waals surface area contributed by atoms with E-state index in [9.17, 15) is 0 Å². The van der Waals surface area contributed by atoms with Crippen LogP contribution in [0.3, 0.4) is 0 Å². The van der Waals surface area contributed by atoms with Crippen LogP contribution in [0.25, 0.3) is 0 Å². The van der Waals surface area contributed by atoms with Gasteiger partial charge in [0.25, 0.3) is 0 Å². The smallest absolute Gasteiger partial charge is 0.128 e. The number of anilines is 1. The zero-order valence-corrected chi connectivity index (χ0v) is 9.16. The molecule has 0 amide bonds. The first-order valence-electron chi connectivity index (χ1n) is 4.59. The Labute approximate surface area is 92.2 Å². The molecule has 0 saturated heterocycles. The Morgan fingerprint density at radius 2 is 2.40 bits per heavy atom. The van der Waals surface area contributed by atoms with Gasteiger partial charge in [-0.2, -0.15) is 0 Å². The van der Waals surface area contributed by atoms with Crippen LogP contribution in [0, 0.1) is 0 Å². The summed E-state index contributed by atoms with van der Waals surface area (Å²) in [5, 5.41) is 3.21. The fourth-order valence-electron chi connectivity index (χ4n) is 1.49. The van der Waals surface area contributed by atoms with Crippen LogP contribution in [0.5, 0.6) is 0 Å². The SMILES string of the molecule is CNC(c1cncs1)c1cccnc1N. The summed E-state index contributed by atoms with van der Waals surface area (Å²) in [6, 6.07) is 3.94. The van der Waals surface area contributed by atoms with Crippen LogP contribution in [0.15, 0.2) is 30.0 Å². The van der Waals surface area contributed by atoms with E-state index < -0.39 is 0 Å². The van der Waals surface area contributed by atoms with E-state index in [4.69, 9.17) is 5.73 Å². The van der Waals surface area contributed by atoms with Gasteiger partial charge in [-0.3, -0.25) is 4.98 Å². The molecule has 0 aromatic carbocycles. The second-order valence-corrected chi connectivity index (χ2v) is 4.02. The summed E-state index contributed by atoms with van der Waals surface area (Å²) < 4.78 is 0. The second-order valence-electron chi connectivity index (χ2n) is 3.10. The normalized spacial score (nSPS) is 12.6. The minimum atomic E-state index is 0.0752. The molecular weight excluding hydrogens is 208 g/mol. The standard InChI is InChI=1S/C10H12N4S/c1-12-9(8-5-13-6-15-8)7-3-2-4-14-10(7)11/h2-6,9,12H,1H3,(H2,11,14). The van der Waals surface area contributed by atoms with Crippen molar-refractivity contribution < 1.29 is 0 Å². The molecular formula is C10H12N4S. The van der Waals surface area contributed by atoms with Crippen molar-refractivity contribution in [3.05, 3.63) is 40.5 Å². The fourth-order valence-corrected chi connectivity index (χ4v) is 2.24. The summed E-state index contributed by atoms with van der Waals surface area (Å²) in [6.07, 6.45) is 3.54. The molecule has 2 heterocycles. The average Bonchev–Trinajstić information content (AvgIpc) is 2.75. The summed E-state index contributed by atoms with van der Waals surface area (Å²) in [4.78, 5) is 9.28. The number of nitrogens with one attached hydrogen (secondary N) is 1. The Balaban J connectivity index is 2.40. The maximum atomic E-state index is 5.84. The molecule has 3 N–H and O–H groups in total. The monoisotopic (exact) mass is 220 g/mol. The molecule has 0 fully saturated rings. The summed E-state index contributed by atoms with van der Waals surface area (Å²) in [5.41, 5.74) is 8.64. The van der Waals surface area contributed by atoms with Gasteiger partial charge in [0, 0.05) is 22.8 Å². The first-order valence-corrected chi connectivity index (χ1v) is 5.47. The van der Waals surface area contributed by atoms with Gasteiger partial charge in [0.1, 0.15) is 5.82 Å². The molecule has 2 aromatic rings. The highest BCUT2D eigenvalue weighted by atomic mass is 32.1. The molecule has 0 radical (unpaired) electrons. The van der Waals surface area contributed by atoms with Crippen molar-refractivity contribution in [3.63, 3.8) is 0 Å². The predicted molar refractivity (Wildman–Crippen MR) is 61.7 cm³/mol. The van der Waals surface area contributed by atoms with E-state index in [1.165, 1.54) is 0 Å². The summed E-state index contributed by atoms with van der Waals surface area (Å²) in [5.74, 6) is 0.560. The number of aromatic nitrogens is 2. The molecule has 2 aromatic heterocycles. The molecule has 1 atom stereocenters. The van der Waals surface area contributed by atoms with Crippen LogP contribution in [-0.4, -0.2) is 17.0 Å². The van der Waals surface area contributed by atoms with Crippen molar-refractivity contribution in [2.45, 2.75) is 6.04 Å². The zero-order chi connectivity index (χ0) is 10.7. The Kier molecular flexibility index (Phi) is 2.94. The molecule has 0 aliphatic carbocycles. The van der Waals surface area contributed by atoms with Gasteiger partial charge in [0.15, 0.2) is 0 Å². The van der Waals surface area contributed by atoms with E-state index in [0.717, 1.165) is 10.4 Å². The van der Waals surface area contributed by atoms with E-state index in [0.29, 0.717) is 5.82 Å². The average molecular weight is 220 g/mol. The number of nitrogens with zero attached hydrogens (tertiary/aromatic N) is 2. The van der Waals surface area contributed by atoms with Crippen LogP contribution in [0.1, 0.15) is 16.5 Å². The minimum Gasteiger partial charge on any atom is -0.383 e. The maximum absolute atomic E-state index is 5.84. The highest BCUT2D eigenvalue weighted by Crippen LogP contribution is 2.26. The molecule has 4 nitrogen and oxygen atoms in total. The highest BCUT2D eigenvalue weighted by molar-refractivity contribution is 7.09. The Bertz CT molecular complexity index is 427. The number of hydrogen-bond donors (Lipinski definition) is 2. The molecule has 0 bridgehead atoms. The fraction of sp³-hybridized carbons (Fsp3) is 0.200. The van der Waals surface area contributed by atoms with Gasteiger partial charge in [0.05, 0.1) is 11.6 Å². The van der Waals surface area contributed by atoms with Crippen LogP contribution in [0.4, 0.5) is 5.82 Å². The topological polar surface area (TPSA) is 63.8 Å². The lowest BCUT2D eigenvalue weighted by molar-refractivity contribution is 0.702. The lowest BCUT2D eigenvalue weighted by Crippen LogP contribution is -2.18. The van der Waals surface area contributed by atoms with E-state index in [2.05, 4.69) is 15.3 Å². The molecule has 78 valence electrons. The molecule has 2 rings (SSSR count). The number of nitrogens with two attached hydrogens (primary N) is 1. The summed E-state index contributed by atoms with van der Waals surface area (Å²) >= 11 is 1.60. The quantitative estimate of drug-likeness (QED) is 0.821. The number of rotatable bonds is 3. The first kappa shape index (κ1) is 10.1.